The molecule has 2 aromatic rings. The smallest absolute Gasteiger partial charge is 0.224 e. The van der Waals surface area contributed by atoms with Crippen molar-refractivity contribution < 1.29 is 9.59 Å². The number of amides is 1. The number of carbonyl (C=O) groups excluding carboxylic acids is 2. The van der Waals surface area contributed by atoms with Crippen molar-refractivity contribution in [2.75, 3.05) is 11.1 Å². The first-order valence-electron chi connectivity index (χ1n) is 10.1. The Balaban J connectivity index is 1.43. The van der Waals surface area contributed by atoms with Gasteiger partial charge < -0.3 is 5.32 Å². The normalized spacial score (nSPS) is 23.7. The Morgan fingerprint density at radius 1 is 1.17 bits per heavy atom. The second-order valence-electron chi connectivity index (χ2n) is 8.66. The number of nitrogens with one attached hydrogen (secondary N) is 1. The van der Waals surface area contributed by atoms with Crippen molar-refractivity contribution in [3.8, 4) is 0 Å². The number of aromatic nitrogens is 3. The van der Waals surface area contributed by atoms with Gasteiger partial charge in [0.1, 0.15) is 0 Å². The van der Waals surface area contributed by atoms with Gasteiger partial charge in [0.05, 0.1) is 17.1 Å². The lowest BCUT2D eigenvalue weighted by atomic mass is 9.70. The van der Waals surface area contributed by atoms with E-state index < -0.39 is 0 Å². The number of anilines is 1. The molecule has 6 nitrogen and oxygen atoms in total. The van der Waals surface area contributed by atoms with E-state index in [1.165, 1.54) is 11.8 Å². The molecule has 1 saturated carbocycles. The van der Waals surface area contributed by atoms with Gasteiger partial charge in [0, 0.05) is 29.0 Å². The van der Waals surface area contributed by atoms with Gasteiger partial charge in [0.25, 0.3) is 0 Å². The van der Waals surface area contributed by atoms with Crippen LogP contribution in [0.1, 0.15) is 74.6 Å². The monoisotopic (exact) mass is 410 g/mol. The van der Waals surface area contributed by atoms with E-state index in [9.17, 15) is 9.59 Å². The van der Waals surface area contributed by atoms with Crippen LogP contribution in [0.25, 0.3) is 0 Å². The number of benzene rings is 1. The number of ketones is 1. The second-order valence-corrected chi connectivity index (χ2v) is 9.61. The summed E-state index contributed by atoms with van der Waals surface area (Å²) in [7, 11) is 0. The van der Waals surface area contributed by atoms with Gasteiger partial charge in [-0.15, -0.1) is 5.10 Å². The third-order valence-electron chi connectivity index (χ3n) is 6.92. The largest absolute Gasteiger partial charge is 0.326 e. The summed E-state index contributed by atoms with van der Waals surface area (Å²) in [5.41, 5.74) is 3.58. The van der Waals surface area contributed by atoms with Crippen LogP contribution in [0.5, 0.6) is 0 Å². The molecule has 7 heteroatoms. The summed E-state index contributed by atoms with van der Waals surface area (Å²) in [6, 6.07) is 6.97. The van der Waals surface area contributed by atoms with Gasteiger partial charge >= 0.3 is 0 Å². The predicted octanol–water partition coefficient (Wildman–Crippen LogP) is 4.37. The lowest BCUT2D eigenvalue weighted by molar-refractivity contribution is -0.115. The minimum absolute atomic E-state index is 0.000490. The van der Waals surface area contributed by atoms with Crippen molar-refractivity contribution in [1.29, 1.82) is 0 Å². The van der Waals surface area contributed by atoms with E-state index in [0.29, 0.717) is 28.7 Å². The molecule has 0 spiro atoms. The summed E-state index contributed by atoms with van der Waals surface area (Å²) < 4.78 is 0. The molecule has 152 valence electrons. The SMILES string of the molecule is CCC(=O)Nc1ccc(C(=O)CSc2nnc3c(n2)[C@]2(C)CC[C@H]3C2(C)C)cc1. The van der Waals surface area contributed by atoms with E-state index in [1.807, 2.05) is 0 Å². The molecule has 4 rings (SSSR count). The molecule has 1 N–H and O–H groups in total. The lowest BCUT2D eigenvalue weighted by Gasteiger charge is -2.33. The molecule has 1 fully saturated rings. The Morgan fingerprint density at radius 3 is 2.59 bits per heavy atom. The zero-order valence-electron chi connectivity index (χ0n) is 17.3. The first kappa shape index (κ1) is 20.0. The van der Waals surface area contributed by atoms with Crippen molar-refractivity contribution in [2.24, 2.45) is 5.41 Å². The molecule has 0 unspecified atom stereocenters. The van der Waals surface area contributed by atoms with Crippen molar-refractivity contribution >= 4 is 29.1 Å². The molecule has 1 aromatic carbocycles. The van der Waals surface area contributed by atoms with Crippen LogP contribution >= 0.6 is 11.8 Å². The number of fused-ring (bicyclic) bond motifs is 5. The topological polar surface area (TPSA) is 84.8 Å². The number of carbonyl (C=O) groups is 2. The summed E-state index contributed by atoms with van der Waals surface area (Å²) in [5.74, 6) is 0.631. The van der Waals surface area contributed by atoms with Crippen molar-refractivity contribution in [3.05, 3.63) is 41.2 Å². The zero-order valence-corrected chi connectivity index (χ0v) is 18.1. The van der Waals surface area contributed by atoms with Crippen LogP contribution in [0.4, 0.5) is 5.69 Å². The molecule has 2 atom stereocenters. The summed E-state index contributed by atoms with van der Waals surface area (Å²) in [6.45, 7) is 8.69. The molecule has 0 saturated heterocycles. The summed E-state index contributed by atoms with van der Waals surface area (Å²) in [5, 5.41) is 12.1. The van der Waals surface area contributed by atoms with Gasteiger partial charge in [-0.3, -0.25) is 9.59 Å². The Kier molecular flexibility index (Phi) is 4.97. The molecule has 1 amide bonds. The third-order valence-corrected chi connectivity index (χ3v) is 7.75. The third kappa shape index (κ3) is 3.25. The van der Waals surface area contributed by atoms with Crippen LogP contribution in [-0.4, -0.2) is 32.6 Å². The molecule has 1 heterocycles. The van der Waals surface area contributed by atoms with Crippen LogP contribution < -0.4 is 5.32 Å². The maximum Gasteiger partial charge on any atom is 0.224 e. The van der Waals surface area contributed by atoms with Crippen LogP contribution in [0.3, 0.4) is 0 Å². The fourth-order valence-corrected chi connectivity index (χ4v) is 5.31. The molecule has 0 radical (unpaired) electrons. The highest BCUT2D eigenvalue weighted by Gasteiger charge is 2.61. The quantitative estimate of drug-likeness (QED) is 0.562. The van der Waals surface area contributed by atoms with Crippen LogP contribution in [0, 0.1) is 5.41 Å². The fraction of sp³-hybridized carbons (Fsp3) is 0.500. The van der Waals surface area contributed by atoms with Crippen LogP contribution in [-0.2, 0) is 10.2 Å². The highest BCUT2D eigenvalue weighted by atomic mass is 32.2. The van der Waals surface area contributed by atoms with Crippen molar-refractivity contribution in [2.45, 2.75) is 63.4 Å². The summed E-state index contributed by atoms with van der Waals surface area (Å²) in [4.78, 5) is 28.8. The number of Topliss-reactive ketones (excluding diaryl/α,β-unsaturated/α-hetero) is 1. The minimum atomic E-state index is -0.0496. The van der Waals surface area contributed by atoms with E-state index in [4.69, 9.17) is 4.98 Å². The summed E-state index contributed by atoms with van der Waals surface area (Å²) >= 11 is 1.33. The molecule has 2 aliphatic carbocycles. The molecule has 2 aliphatic rings. The predicted molar refractivity (Wildman–Crippen MR) is 113 cm³/mol. The zero-order chi connectivity index (χ0) is 20.8. The van der Waals surface area contributed by atoms with E-state index in [0.717, 1.165) is 24.2 Å². The Hall–Kier alpha value is -2.28. The van der Waals surface area contributed by atoms with Gasteiger partial charge in [-0.1, -0.05) is 39.5 Å². The van der Waals surface area contributed by atoms with E-state index >= 15 is 0 Å². The van der Waals surface area contributed by atoms with Gasteiger partial charge in [-0.05, 0) is 42.5 Å². The van der Waals surface area contributed by atoms with Gasteiger partial charge in [-0.25, -0.2) is 4.98 Å². The minimum Gasteiger partial charge on any atom is -0.326 e. The average molecular weight is 411 g/mol. The first-order chi connectivity index (χ1) is 13.8. The number of thioether (sulfide) groups is 1. The molecule has 2 bridgehead atoms. The van der Waals surface area contributed by atoms with Crippen molar-refractivity contribution in [1.82, 2.24) is 15.2 Å². The highest BCUT2D eigenvalue weighted by molar-refractivity contribution is 7.99. The van der Waals surface area contributed by atoms with Gasteiger partial charge in [0.2, 0.25) is 11.1 Å². The summed E-state index contributed by atoms with van der Waals surface area (Å²) in [6.07, 6.45) is 2.69. The van der Waals surface area contributed by atoms with E-state index in [1.54, 1.807) is 31.2 Å². The fourth-order valence-electron chi connectivity index (χ4n) is 4.63. The number of nitrogens with zero attached hydrogens (tertiary/aromatic N) is 3. The van der Waals surface area contributed by atoms with E-state index in [2.05, 4.69) is 36.3 Å². The number of hydrogen-bond acceptors (Lipinski definition) is 6. The molecule has 29 heavy (non-hydrogen) atoms. The Bertz CT molecular complexity index is 973. The van der Waals surface area contributed by atoms with Crippen molar-refractivity contribution in [3.63, 3.8) is 0 Å². The molecule has 0 aliphatic heterocycles. The standard InChI is InChI=1S/C22H26N4O2S/c1-5-17(28)23-14-8-6-13(7-9-14)16(27)12-29-20-24-19-18(25-26-20)15-10-11-22(19,4)21(15,2)3/h6-9,15H,5,10-12H2,1-4H3,(H,23,28)/t15-,22+/m1/s1. The maximum absolute atomic E-state index is 12.6. The molecular weight excluding hydrogens is 384 g/mol. The van der Waals surface area contributed by atoms with Gasteiger partial charge in [-0.2, -0.15) is 5.10 Å². The Morgan fingerprint density at radius 2 is 1.90 bits per heavy atom. The molecule has 1 aromatic heterocycles. The van der Waals surface area contributed by atoms with Crippen LogP contribution in [0.2, 0.25) is 0 Å². The Labute approximate surface area is 175 Å². The van der Waals surface area contributed by atoms with Crippen LogP contribution in [0.15, 0.2) is 29.4 Å². The average Bonchev–Trinajstić information content (AvgIpc) is 3.05. The van der Waals surface area contributed by atoms with E-state index in [-0.39, 0.29) is 28.3 Å². The van der Waals surface area contributed by atoms with Gasteiger partial charge in [0.15, 0.2) is 5.78 Å². The molecular formula is C22H26N4O2S. The number of rotatable bonds is 6. The number of hydrogen-bond donors (Lipinski definition) is 1. The first-order valence-corrected chi connectivity index (χ1v) is 11.1. The highest BCUT2D eigenvalue weighted by Crippen LogP contribution is 2.66. The lowest BCUT2D eigenvalue weighted by Crippen LogP contribution is -2.32. The second kappa shape index (κ2) is 7.20. The maximum atomic E-state index is 12.6.